The smallest absolute Gasteiger partial charge is 0.469 e. The van der Waals surface area contributed by atoms with E-state index in [1.165, 1.54) is 6.08 Å². The summed E-state index contributed by atoms with van der Waals surface area (Å²) < 4.78 is 36.4. The average Bonchev–Trinajstić information content (AvgIpc) is 2.66. The van der Waals surface area contributed by atoms with Gasteiger partial charge in [-0.25, -0.2) is 4.79 Å². The van der Waals surface area contributed by atoms with Gasteiger partial charge in [-0.3, -0.25) is 0 Å². The van der Waals surface area contributed by atoms with E-state index in [4.69, 9.17) is 26.6 Å². The Balaban J connectivity index is 2.93. The molecule has 0 N–H and O–H groups in total. The molecule has 35 heavy (non-hydrogen) atoms. The van der Waals surface area contributed by atoms with Gasteiger partial charge in [0.25, 0.3) is 0 Å². The lowest BCUT2D eigenvalue weighted by molar-refractivity contribution is -0.142. The minimum Gasteiger partial charge on any atom is -0.493 e. The molecule has 0 amide bonds. The van der Waals surface area contributed by atoms with E-state index < -0.39 is 39.7 Å². The maximum absolute atomic E-state index is 12.5. The molecule has 0 aliphatic heterocycles. The van der Waals surface area contributed by atoms with E-state index in [1.54, 1.807) is 32.4 Å². The maximum atomic E-state index is 12.5. The van der Waals surface area contributed by atoms with Gasteiger partial charge in [0.2, 0.25) is 0 Å². The highest BCUT2D eigenvalue weighted by Gasteiger charge is 2.49. The van der Waals surface area contributed by atoms with Gasteiger partial charge in [0.05, 0.1) is 20.3 Å². The van der Waals surface area contributed by atoms with Gasteiger partial charge in [0.1, 0.15) is 0 Å². The molecule has 0 spiro atoms. The zero-order chi connectivity index (χ0) is 27.1. The average molecular weight is 559 g/mol. The summed E-state index contributed by atoms with van der Waals surface area (Å²) in [6, 6.07) is 6.08. The van der Waals surface area contributed by atoms with Gasteiger partial charge in [-0.1, -0.05) is 6.07 Å². The highest BCUT2D eigenvalue weighted by Crippen LogP contribution is 2.31. The van der Waals surface area contributed by atoms with Crippen molar-refractivity contribution in [1.29, 1.82) is 0 Å². The highest BCUT2D eigenvalue weighted by molar-refractivity contribution is 6.90. The molecule has 11 heteroatoms. The van der Waals surface area contributed by atoms with Crippen LogP contribution in [-0.2, 0) is 21.9 Å². The zero-order valence-electron chi connectivity index (χ0n) is 23.7. The molecule has 1 aromatic carbocycles. The van der Waals surface area contributed by atoms with Crippen molar-refractivity contribution < 1.29 is 31.4 Å². The van der Waals surface area contributed by atoms with E-state index in [0.29, 0.717) is 24.0 Å². The Labute approximate surface area is 216 Å². The largest absolute Gasteiger partial charge is 0.493 e. The third kappa shape index (κ3) is 13.0. The number of rotatable bonds is 14. The number of methoxy groups -OCH3 is 2. The summed E-state index contributed by atoms with van der Waals surface area (Å²) in [7, 11) is -5.62. The lowest BCUT2D eigenvalue weighted by Gasteiger charge is -2.43. The van der Waals surface area contributed by atoms with E-state index in [2.05, 4.69) is 58.9 Å². The molecule has 1 rings (SSSR count). The Morgan fingerprint density at radius 1 is 0.829 bits per heavy atom. The second-order valence-corrected chi connectivity index (χ2v) is 28.5. The Morgan fingerprint density at radius 3 is 1.74 bits per heavy atom. The first kappa shape index (κ1) is 31.8. The minimum absolute atomic E-state index is 0.301. The van der Waals surface area contributed by atoms with E-state index in [9.17, 15) is 4.79 Å². The van der Waals surface area contributed by atoms with Gasteiger partial charge < -0.3 is 26.6 Å². The van der Waals surface area contributed by atoms with Crippen LogP contribution >= 0.6 is 0 Å². The minimum atomic E-state index is -2.96. The molecule has 1 atom stereocenters. The molecular weight excluding hydrogens is 513 g/mol. The number of benzene rings is 1. The fourth-order valence-electron chi connectivity index (χ4n) is 3.41. The van der Waals surface area contributed by atoms with Crippen molar-refractivity contribution in [2.24, 2.45) is 0 Å². The quantitative estimate of drug-likeness (QED) is 0.146. The Bertz CT molecular complexity index is 814. The van der Waals surface area contributed by atoms with Gasteiger partial charge in [0.15, 0.2) is 36.5 Å². The molecule has 0 saturated heterocycles. The summed E-state index contributed by atoms with van der Waals surface area (Å²) >= 11 is 0. The first-order chi connectivity index (χ1) is 15.9. The molecule has 0 aliphatic rings. The molecule has 0 radical (unpaired) electrons. The van der Waals surface area contributed by atoms with Crippen LogP contribution in [0.5, 0.6) is 11.5 Å². The molecule has 0 saturated carbocycles. The summed E-state index contributed by atoms with van der Waals surface area (Å²) in [6.07, 6.45) is 3.44. The monoisotopic (exact) mass is 558 g/mol. The van der Waals surface area contributed by atoms with Gasteiger partial charge in [-0.2, -0.15) is 0 Å². The van der Waals surface area contributed by atoms with E-state index in [0.717, 1.165) is 5.56 Å². The third-order valence-corrected chi connectivity index (χ3v) is 16.4. The van der Waals surface area contributed by atoms with E-state index in [-0.39, 0.29) is 6.10 Å². The lowest BCUT2D eigenvalue weighted by Crippen LogP contribution is -2.60. The van der Waals surface area contributed by atoms with Crippen LogP contribution in [0.3, 0.4) is 0 Å². The van der Waals surface area contributed by atoms with Gasteiger partial charge in [-0.15, -0.1) is 0 Å². The lowest BCUT2D eigenvalue weighted by atomic mass is 10.2. The van der Waals surface area contributed by atoms with Crippen molar-refractivity contribution in [2.75, 3.05) is 14.2 Å². The van der Waals surface area contributed by atoms with Crippen molar-refractivity contribution in [1.82, 2.24) is 0 Å². The molecular formula is C24H46O7Si4. The topological polar surface area (TPSA) is 72.5 Å². The van der Waals surface area contributed by atoms with Crippen molar-refractivity contribution in [3.05, 3.63) is 29.8 Å². The number of hydrogen-bond acceptors (Lipinski definition) is 7. The van der Waals surface area contributed by atoms with Crippen LogP contribution in [0.25, 0.3) is 6.08 Å². The van der Waals surface area contributed by atoms with Gasteiger partial charge in [0, 0.05) is 12.1 Å². The van der Waals surface area contributed by atoms with Crippen molar-refractivity contribution >= 4 is 45.8 Å². The fourth-order valence-corrected chi connectivity index (χ4v) is 18.2. The maximum Gasteiger partial charge on any atom is 0.469 e. The summed E-state index contributed by atoms with van der Waals surface area (Å²) in [5, 5.41) is 0. The van der Waals surface area contributed by atoms with Crippen LogP contribution in [0.15, 0.2) is 24.3 Å². The van der Waals surface area contributed by atoms with E-state index in [1.807, 2.05) is 13.0 Å². The standard InChI is InChI=1S/C24H46O7Si4/c1-20(28-24(25)16-14-21-13-15-22(26-2)23(19-21)27-3)17-18-35(29-32(4,5)6,30-33(7,8)9)31-34(10,11)12/h13-16,19-20H,17-18H2,1-12H3/b16-14+. The molecule has 200 valence electrons. The summed E-state index contributed by atoms with van der Waals surface area (Å²) in [5.41, 5.74) is 0.814. The number of carbonyl (C=O) groups excluding carboxylic acids is 1. The van der Waals surface area contributed by atoms with Crippen molar-refractivity contribution in [3.8, 4) is 11.5 Å². The van der Waals surface area contributed by atoms with Crippen molar-refractivity contribution in [3.63, 3.8) is 0 Å². The molecule has 0 heterocycles. The van der Waals surface area contributed by atoms with Crippen LogP contribution in [0, 0.1) is 0 Å². The van der Waals surface area contributed by atoms with Crippen LogP contribution in [0.2, 0.25) is 65.0 Å². The van der Waals surface area contributed by atoms with Crippen LogP contribution in [0.4, 0.5) is 0 Å². The molecule has 0 aliphatic carbocycles. The molecule has 7 nitrogen and oxygen atoms in total. The van der Waals surface area contributed by atoms with Gasteiger partial charge in [-0.05, 0) is 96.0 Å². The normalized spacial score (nSPS) is 14.2. The molecule has 1 aromatic rings. The zero-order valence-corrected chi connectivity index (χ0v) is 27.7. The third-order valence-electron chi connectivity index (χ3n) is 4.38. The first-order valence-electron chi connectivity index (χ1n) is 12.1. The predicted molar refractivity (Wildman–Crippen MR) is 153 cm³/mol. The van der Waals surface area contributed by atoms with Crippen LogP contribution in [-0.4, -0.2) is 60.0 Å². The van der Waals surface area contributed by atoms with Crippen LogP contribution in [0.1, 0.15) is 18.9 Å². The van der Waals surface area contributed by atoms with E-state index >= 15 is 0 Å². The number of ether oxygens (including phenoxy) is 3. The second kappa shape index (κ2) is 12.8. The molecule has 0 bridgehead atoms. The Kier molecular flexibility index (Phi) is 11.7. The molecule has 0 aromatic heterocycles. The van der Waals surface area contributed by atoms with Crippen molar-refractivity contribution in [2.45, 2.75) is 84.4 Å². The summed E-state index contributed by atoms with van der Waals surface area (Å²) in [6.45, 7) is 21.4. The Hall–Kier alpha value is -1.22. The summed E-state index contributed by atoms with van der Waals surface area (Å²) in [4.78, 5) is 12.5. The molecule has 1 unspecified atom stereocenters. The summed E-state index contributed by atoms with van der Waals surface area (Å²) in [5.74, 6) is 0.836. The SMILES string of the molecule is COc1ccc(/C=C/C(=O)OC(C)CC[Si](O[Si](C)(C)C)(O[Si](C)(C)C)O[Si](C)(C)C)cc1OC. The first-order valence-corrected chi connectivity index (χ1v) is 24.2. The predicted octanol–water partition coefficient (Wildman–Crippen LogP) is 6.53. The van der Waals surface area contributed by atoms with Crippen LogP contribution < -0.4 is 9.47 Å². The highest BCUT2D eigenvalue weighted by atomic mass is 28.5. The number of carbonyl (C=O) groups is 1. The number of hydrogen-bond donors (Lipinski definition) is 0. The molecule has 0 fully saturated rings. The number of esters is 1. The van der Waals surface area contributed by atoms with Gasteiger partial charge >= 0.3 is 14.8 Å². The Morgan fingerprint density at radius 2 is 1.31 bits per heavy atom. The fraction of sp³-hybridized carbons (Fsp3) is 0.625. The second-order valence-electron chi connectivity index (χ2n) is 11.6.